The van der Waals surface area contributed by atoms with Gasteiger partial charge in [-0.05, 0) is 28.1 Å². The number of carbonyl (C=O) groups is 1. The van der Waals surface area contributed by atoms with Crippen molar-refractivity contribution in [2.75, 3.05) is 5.32 Å². The monoisotopic (exact) mass is 370 g/mol. The number of para-hydroxylation sites is 1. The van der Waals surface area contributed by atoms with E-state index in [4.69, 9.17) is 4.42 Å². The van der Waals surface area contributed by atoms with Gasteiger partial charge in [-0.2, -0.15) is 0 Å². The van der Waals surface area contributed by atoms with E-state index in [2.05, 4.69) is 26.2 Å². The van der Waals surface area contributed by atoms with Crippen molar-refractivity contribution in [3.8, 4) is 11.3 Å². The second-order valence-corrected chi connectivity index (χ2v) is 5.87. The molecule has 0 fully saturated rings. The second kappa shape index (κ2) is 7.24. The van der Waals surface area contributed by atoms with Crippen molar-refractivity contribution in [1.29, 1.82) is 0 Å². The summed E-state index contributed by atoms with van der Waals surface area (Å²) in [6.07, 6.45) is 2.47. The first-order valence-corrected chi connectivity index (χ1v) is 8.06. The number of oxazole rings is 1. The van der Waals surface area contributed by atoms with Crippen LogP contribution in [-0.2, 0) is 11.2 Å². The van der Waals surface area contributed by atoms with Crippen LogP contribution in [0.3, 0.4) is 0 Å². The zero-order chi connectivity index (χ0) is 16.1. The van der Waals surface area contributed by atoms with Gasteiger partial charge < -0.3 is 9.73 Å². The molecule has 0 spiro atoms. The third-order valence-electron chi connectivity index (χ3n) is 3.33. The van der Waals surface area contributed by atoms with Crippen LogP contribution >= 0.6 is 15.9 Å². The van der Waals surface area contributed by atoms with Crippen LogP contribution in [0.4, 0.5) is 5.69 Å². The van der Waals surface area contributed by atoms with Crippen LogP contribution < -0.4 is 5.32 Å². The number of nitrogens with zero attached hydrogens (tertiary/aromatic N) is 1. The number of amides is 1. The summed E-state index contributed by atoms with van der Waals surface area (Å²) >= 11 is 3.40. The van der Waals surface area contributed by atoms with Gasteiger partial charge in [0.2, 0.25) is 5.91 Å². The Labute approximate surface area is 142 Å². The molecule has 3 rings (SSSR count). The van der Waals surface area contributed by atoms with Crippen molar-refractivity contribution in [2.24, 2.45) is 0 Å². The van der Waals surface area contributed by atoms with Crippen LogP contribution in [0.15, 0.2) is 69.7 Å². The van der Waals surface area contributed by atoms with Crippen LogP contribution in [0.2, 0.25) is 0 Å². The number of halogens is 1. The number of benzene rings is 2. The van der Waals surface area contributed by atoms with Crippen molar-refractivity contribution >= 4 is 27.5 Å². The van der Waals surface area contributed by atoms with Gasteiger partial charge in [-0.3, -0.25) is 4.79 Å². The molecule has 0 aliphatic carbocycles. The van der Waals surface area contributed by atoms with Gasteiger partial charge in [-0.1, -0.05) is 42.5 Å². The topological polar surface area (TPSA) is 55.1 Å². The lowest BCUT2D eigenvalue weighted by molar-refractivity contribution is -0.116. The first-order valence-electron chi connectivity index (χ1n) is 7.27. The molecule has 1 N–H and O–H groups in total. The molecule has 0 atom stereocenters. The molecule has 0 saturated carbocycles. The fourth-order valence-electron chi connectivity index (χ4n) is 2.16. The summed E-state index contributed by atoms with van der Waals surface area (Å²) in [5.41, 5.74) is 1.73. The molecule has 0 aliphatic heterocycles. The van der Waals surface area contributed by atoms with Gasteiger partial charge in [-0.15, -0.1) is 0 Å². The Morgan fingerprint density at radius 1 is 1.09 bits per heavy atom. The fraction of sp³-hybridized carbons (Fsp3) is 0.111. The molecule has 0 aliphatic rings. The number of rotatable bonds is 5. The summed E-state index contributed by atoms with van der Waals surface area (Å²) in [5, 5.41) is 2.86. The SMILES string of the molecule is O=C(CCc1ncc(-c2ccccc2)o1)Nc1ccccc1Br. The molecule has 1 aromatic heterocycles. The van der Waals surface area contributed by atoms with Crippen LogP contribution in [0.1, 0.15) is 12.3 Å². The van der Waals surface area contributed by atoms with Gasteiger partial charge in [0.15, 0.2) is 11.7 Å². The minimum absolute atomic E-state index is 0.0728. The van der Waals surface area contributed by atoms with E-state index < -0.39 is 0 Å². The Morgan fingerprint density at radius 3 is 2.61 bits per heavy atom. The van der Waals surface area contributed by atoms with Gasteiger partial charge in [0.05, 0.1) is 11.9 Å². The Bertz CT molecular complexity index is 800. The summed E-state index contributed by atoms with van der Waals surface area (Å²) in [4.78, 5) is 16.2. The van der Waals surface area contributed by atoms with Crippen LogP contribution in [0.5, 0.6) is 0 Å². The molecule has 1 heterocycles. The summed E-state index contributed by atoms with van der Waals surface area (Å²) in [7, 11) is 0. The maximum Gasteiger partial charge on any atom is 0.224 e. The van der Waals surface area contributed by atoms with Gasteiger partial charge in [0.1, 0.15) is 0 Å². The third kappa shape index (κ3) is 4.07. The lowest BCUT2D eigenvalue weighted by Gasteiger charge is -2.06. The molecular weight excluding hydrogens is 356 g/mol. The van der Waals surface area contributed by atoms with Gasteiger partial charge in [0.25, 0.3) is 0 Å². The molecule has 0 unspecified atom stereocenters. The highest BCUT2D eigenvalue weighted by molar-refractivity contribution is 9.10. The summed E-state index contributed by atoms with van der Waals surface area (Å²) in [6.45, 7) is 0. The zero-order valence-electron chi connectivity index (χ0n) is 12.3. The normalized spacial score (nSPS) is 10.5. The minimum Gasteiger partial charge on any atom is -0.441 e. The van der Waals surface area contributed by atoms with Gasteiger partial charge >= 0.3 is 0 Å². The molecule has 116 valence electrons. The van der Waals surface area contributed by atoms with E-state index in [1.54, 1.807) is 6.20 Å². The molecule has 23 heavy (non-hydrogen) atoms. The molecular formula is C18H15BrN2O2. The molecule has 1 amide bonds. The van der Waals surface area contributed by atoms with Crippen molar-refractivity contribution in [3.05, 3.63) is 71.2 Å². The Morgan fingerprint density at radius 2 is 1.83 bits per heavy atom. The van der Waals surface area contributed by atoms with Crippen molar-refractivity contribution in [2.45, 2.75) is 12.8 Å². The molecule has 5 heteroatoms. The predicted octanol–water partition coefficient (Wildman–Crippen LogP) is 4.68. The first-order chi connectivity index (χ1) is 11.2. The van der Waals surface area contributed by atoms with Crippen molar-refractivity contribution < 1.29 is 9.21 Å². The maximum atomic E-state index is 12.0. The van der Waals surface area contributed by atoms with Crippen LogP contribution in [0, 0.1) is 0 Å². The zero-order valence-corrected chi connectivity index (χ0v) is 13.9. The van der Waals surface area contributed by atoms with Crippen LogP contribution in [0.25, 0.3) is 11.3 Å². The quantitative estimate of drug-likeness (QED) is 0.709. The van der Waals surface area contributed by atoms with Gasteiger partial charge in [-0.25, -0.2) is 4.98 Å². The Hall–Kier alpha value is -2.40. The Balaban J connectivity index is 1.58. The molecule has 2 aromatic carbocycles. The third-order valence-corrected chi connectivity index (χ3v) is 4.02. The maximum absolute atomic E-state index is 12.0. The van der Waals surface area contributed by atoms with Crippen molar-refractivity contribution in [3.63, 3.8) is 0 Å². The summed E-state index contributed by atoms with van der Waals surface area (Å²) in [5.74, 6) is 1.20. The fourth-order valence-corrected chi connectivity index (χ4v) is 2.54. The van der Waals surface area contributed by atoms with E-state index in [1.165, 1.54) is 0 Å². The van der Waals surface area contributed by atoms with Gasteiger partial charge in [0, 0.05) is 22.9 Å². The molecule has 3 aromatic rings. The smallest absolute Gasteiger partial charge is 0.224 e. The number of hydrogen-bond acceptors (Lipinski definition) is 3. The number of aromatic nitrogens is 1. The largest absolute Gasteiger partial charge is 0.441 e. The average molecular weight is 371 g/mol. The number of anilines is 1. The predicted molar refractivity (Wildman–Crippen MR) is 93.0 cm³/mol. The number of carbonyl (C=O) groups excluding carboxylic acids is 1. The summed E-state index contributed by atoms with van der Waals surface area (Å²) in [6, 6.07) is 17.3. The lowest BCUT2D eigenvalue weighted by atomic mass is 10.2. The number of hydrogen-bond donors (Lipinski definition) is 1. The lowest BCUT2D eigenvalue weighted by Crippen LogP contribution is -2.12. The van der Waals surface area contributed by atoms with E-state index in [0.29, 0.717) is 24.5 Å². The van der Waals surface area contributed by atoms with E-state index in [-0.39, 0.29) is 5.91 Å². The molecule has 0 radical (unpaired) electrons. The second-order valence-electron chi connectivity index (χ2n) is 5.01. The van der Waals surface area contributed by atoms with E-state index in [0.717, 1.165) is 15.7 Å². The van der Waals surface area contributed by atoms with Crippen molar-refractivity contribution in [1.82, 2.24) is 4.98 Å². The highest BCUT2D eigenvalue weighted by atomic mass is 79.9. The molecule has 4 nitrogen and oxygen atoms in total. The molecule has 0 saturated heterocycles. The van der Waals surface area contributed by atoms with E-state index in [9.17, 15) is 4.79 Å². The number of aryl methyl sites for hydroxylation is 1. The van der Waals surface area contributed by atoms with E-state index in [1.807, 2.05) is 54.6 Å². The van der Waals surface area contributed by atoms with E-state index >= 15 is 0 Å². The van der Waals surface area contributed by atoms with Crippen LogP contribution in [-0.4, -0.2) is 10.9 Å². The highest BCUT2D eigenvalue weighted by Crippen LogP contribution is 2.22. The minimum atomic E-state index is -0.0728. The highest BCUT2D eigenvalue weighted by Gasteiger charge is 2.10. The average Bonchev–Trinajstić information content (AvgIpc) is 3.05. The number of nitrogens with one attached hydrogen (secondary N) is 1. The standard InChI is InChI=1S/C18H15BrN2O2/c19-14-8-4-5-9-15(14)21-17(22)10-11-18-20-12-16(23-18)13-6-2-1-3-7-13/h1-9,12H,10-11H2,(H,21,22). The molecule has 0 bridgehead atoms. The Kier molecular flexibility index (Phi) is 4.88. The first kappa shape index (κ1) is 15.5. The summed E-state index contributed by atoms with van der Waals surface area (Å²) < 4.78 is 6.55.